The summed E-state index contributed by atoms with van der Waals surface area (Å²) in [4.78, 5) is 27.0. The van der Waals surface area contributed by atoms with Crippen LogP contribution in [0.3, 0.4) is 0 Å². The van der Waals surface area contributed by atoms with Gasteiger partial charge in [-0.15, -0.1) is 22.7 Å². The average Bonchev–Trinajstić information content (AvgIpc) is 3.45. The van der Waals surface area contributed by atoms with E-state index in [4.69, 9.17) is 0 Å². The summed E-state index contributed by atoms with van der Waals surface area (Å²) in [5, 5.41) is 15.5. The van der Waals surface area contributed by atoms with E-state index >= 15 is 0 Å². The molecule has 0 unspecified atom stereocenters. The van der Waals surface area contributed by atoms with Crippen LogP contribution >= 0.6 is 22.7 Å². The maximum Gasteiger partial charge on any atom is 0.266 e. The second-order valence-corrected chi connectivity index (χ2v) is 8.20. The maximum atomic E-state index is 12.8. The lowest BCUT2D eigenvalue weighted by Gasteiger charge is -2.16. The first kappa shape index (κ1) is 18.4. The highest BCUT2D eigenvalue weighted by molar-refractivity contribution is 7.20. The lowest BCUT2D eigenvalue weighted by atomic mass is 10.0. The lowest BCUT2D eigenvalue weighted by Crippen LogP contribution is -2.27. The Balaban J connectivity index is 1.52. The van der Waals surface area contributed by atoms with Gasteiger partial charge in [0.25, 0.3) is 11.8 Å². The predicted octanol–water partition coefficient (Wildman–Crippen LogP) is 4.82. The minimum absolute atomic E-state index is 0.0507. The van der Waals surface area contributed by atoms with E-state index in [1.807, 2.05) is 48.7 Å². The average molecular weight is 411 g/mol. The summed E-state index contributed by atoms with van der Waals surface area (Å²) < 4.78 is 0. The number of hydrogen-bond donors (Lipinski definition) is 3. The molecule has 3 N–H and O–H groups in total. The van der Waals surface area contributed by atoms with Crippen molar-refractivity contribution < 1.29 is 9.59 Å². The molecule has 0 aliphatic rings. The minimum atomic E-state index is -0.212. The Morgan fingerprint density at radius 1 is 1.11 bits per heavy atom. The Labute approximate surface area is 169 Å². The number of nitrogens with zero attached hydrogens (tertiary/aromatic N) is 1. The molecule has 1 atom stereocenters. The molecule has 4 rings (SSSR count). The molecule has 0 aliphatic carbocycles. The van der Waals surface area contributed by atoms with Crippen molar-refractivity contribution in [3.05, 3.63) is 69.2 Å². The topological polar surface area (TPSA) is 86.9 Å². The molecule has 0 fully saturated rings. The zero-order valence-corrected chi connectivity index (χ0v) is 16.7. The normalized spacial score (nSPS) is 12.0. The standard InChI is InChI=1S/C20H18N4O2S2/c1-2-14(12-7-4-3-5-8-12)21-19(26)16-11-13-17(23-24-20(13)28-16)22-18(25)15-9-6-10-27-15/h3-11,14H,2H2,1H3,(H,21,26)(H2,22,23,24,25)/t14-/m1/s1. The number of rotatable bonds is 6. The van der Waals surface area contributed by atoms with E-state index in [0.29, 0.717) is 15.6 Å². The third kappa shape index (κ3) is 3.69. The molecule has 0 aliphatic heterocycles. The smallest absolute Gasteiger partial charge is 0.266 e. The first-order chi connectivity index (χ1) is 13.7. The van der Waals surface area contributed by atoms with Crippen LogP contribution in [0.5, 0.6) is 0 Å². The van der Waals surface area contributed by atoms with Gasteiger partial charge in [0.1, 0.15) is 4.83 Å². The van der Waals surface area contributed by atoms with Crippen LogP contribution in [0.25, 0.3) is 10.2 Å². The summed E-state index contributed by atoms with van der Waals surface area (Å²) in [6, 6.07) is 15.2. The summed E-state index contributed by atoms with van der Waals surface area (Å²) in [7, 11) is 0. The second kappa shape index (κ2) is 7.95. The van der Waals surface area contributed by atoms with Crippen LogP contribution in [0.2, 0.25) is 0 Å². The molecular weight excluding hydrogens is 392 g/mol. The Morgan fingerprint density at radius 3 is 2.64 bits per heavy atom. The number of fused-ring (bicyclic) bond motifs is 1. The Kier molecular flexibility index (Phi) is 5.23. The molecule has 0 saturated carbocycles. The summed E-state index contributed by atoms with van der Waals surface area (Å²) in [6.45, 7) is 2.04. The fourth-order valence-corrected chi connectivity index (χ4v) is 4.46. The van der Waals surface area contributed by atoms with Crippen molar-refractivity contribution in [2.75, 3.05) is 5.32 Å². The van der Waals surface area contributed by atoms with Crippen LogP contribution in [-0.4, -0.2) is 22.0 Å². The van der Waals surface area contributed by atoms with Crippen LogP contribution in [0.1, 0.15) is 44.3 Å². The molecular formula is C20H18N4O2S2. The van der Waals surface area contributed by atoms with E-state index in [9.17, 15) is 9.59 Å². The van der Waals surface area contributed by atoms with Crippen molar-refractivity contribution in [3.8, 4) is 0 Å². The summed E-state index contributed by atoms with van der Waals surface area (Å²) >= 11 is 2.68. The number of carbonyl (C=O) groups excluding carboxylic acids is 2. The lowest BCUT2D eigenvalue weighted by molar-refractivity contribution is 0.0939. The molecule has 28 heavy (non-hydrogen) atoms. The zero-order chi connectivity index (χ0) is 19.5. The maximum absolute atomic E-state index is 12.8. The number of anilines is 1. The molecule has 8 heteroatoms. The van der Waals surface area contributed by atoms with Crippen molar-refractivity contribution in [2.24, 2.45) is 0 Å². The highest BCUT2D eigenvalue weighted by Gasteiger charge is 2.19. The van der Waals surface area contributed by atoms with Crippen molar-refractivity contribution >= 4 is 50.5 Å². The van der Waals surface area contributed by atoms with Crippen molar-refractivity contribution in [1.82, 2.24) is 15.5 Å². The molecule has 142 valence electrons. The molecule has 2 amide bonds. The fourth-order valence-electron chi connectivity index (χ4n) is 2.94. The number of hydrogen-bond acceptors (Lipinski definition) is 5. The summed E-state index contributed by atoms with van der Waals surface area (Å²) in [5.41, 5.74) is 1.08. The van der Waals surface area contributed by atoms with E-state index < -0.39 is 0 Å². The number of H-pyrrole nitrogens is 1. The van der Waals surface area contributed by atoms with E-state index in [-0.39, 0.29) is 17.9 Å². The van der Waals surface area contributed by atoms with Gasteiger partial charge < -0.3 is 10.6 Å². The van der Waals surface area contributed by atoms with Crippen LogP contribution < -0.4 is 10.6 Å². The Morgan fingerprint density at radius 2 is 1.93 bits per heavy atom. The minimum Gasteiger partial charge on any atom is -0.345 e. The van der Waals surface area contributed by atoms with Gasteiger partial charge >= 0.3 is 0 Å². The quantitative estimate of drug-likeness (QED) is 0.426. The van der Waals surface area contributed by atoms with Gasteiger partial charge in [-0.05, 0) is 29.5 Å². The third-order valence-corrected chi connectivity index (χ3v) is 6.28. The van der Waals surface area contributed by atoms with Crippen LogP contribution in [0, 0.1) is 0 Å². The van der Waals surface area contributed by atoms with Crippen LogP contribution in [0.15, 0.2) is 53.9 Å². The van der Waals surface area contributed by atoms with Gasteiger partial charge in [-0.1, -0.05) is 43.3 Å². The molecule has 0 bridgehead atoms. The van der Waals surface area contributed by atoms with Gasteiger partial charge in [0.2, 0.25) is 0 Å². The van der Waals surface area contributed by atoms with Gasteiger partial charge in [-0.25, -0.2) is 0 Å². The molecule has 6 nitrogen and oxygen atoms in total. The molecule has 3 heterocycles. The molecule has 4 aromatic rings. The van der Waals surface area contributed by atoms with Gasteiger partial charge in [0.05, 0.1) is 21.2 Å². The summed E-state index contributed by atoms with van der Waals surface area (Å²) in [5.74, 6) is 0.0790. The summed E-state index contributed by atoms with van der Waals surface area (Å²) in [6.07, 6.45) is 0.794. The third-order valence-electron chi connectivity index (χ3n) is 4.37. The van der Waals surface area contributed by atoms with Crippen molar-refractivity contribution in [1.29, 1.82) is 0 Å². The highest BCUT2D eigenvalue weighted by atomic mass is 32.1. The SMILES string of the molecule is CC[C@@H](NC(=O)c1cc2c(NC(=O)c3cccs3)n[nH]c2s1)c1ccccc1. The van der Waals surface area contributed by atoms with Crippen LogP contribution in [0.4, 0.5) is 5.82 Å². The first-order valence-electron chi connectivity index (χ1n) is 8.84. The molecule has 3 aromatic heterocycles. The first-order valence-corrected chi connectivity index (χ1v) is 10.5. The largest absolute Gasteiger partial charge is 0.345 e. The predicted molar refractivity (Wildman–Crippen MR) is 113 cm³/mol. The van der Waals surface area contributed by atoms with E-state index in [1.165, 1.54) is 22.7 Å². The number of carbonyl (C=O) groups is 2. The number of thiophene rings is 2. The van der Waals surface area contributed by atoms with Crippen molar-refractivity contribution in [2.45, 2.75) is 19.4 Å². The molecule has 0 spiro atoms. The Bertz CT molecular complexity index is 1100. The zero-order valence-electron chi connectivity index (χ0n) is 15.1. The molecule has 0 saturated heterocycles. The highest BCUT2D eigenvalue weighted by Crippen LogP contribution is 2.30. The number of nitrogens with one attached hydrogen (secondary N) is 3. The molecule has 1 aromatic carbocycles. The number of aromatic nitrogens is 2. The van der Waals surface area contributed by atoms with Gasteiger partial charge in [0, 0.05) is 0 Å². The fraction of sp³-hybridized carbons (Fsp3) is 0.150. The van der Waals surface area contributed by atoms with Crippen molar-refractivity contribution in [3.63, 3.8) is 0 Å². The van der Waals surface area contributed by atoms with E-state index in [1.54, 1.807) is 12.1 Å². The van der Waals surface area contributed by atoms with E-state index in [2.05, 4.69) is 20.8 Å². The molecule has 0 radical (unpaired) electrons. The number of benzene rings is 1. The van der Waals surface area contributed by atoms with Crippen LogP contribution in [-0.2, 0) is 0 Å². The van der Waals surface area contributed by atoms with Gasteiger partial charge in [-0.3, -0.25) is 14.7 Å². The van der Waals surface area contributed by atoms with Gasteiger partial charge in [-0.2, -0.15) is 5.10 Å². The Hall–Kier alpha value is -2.97. The van der Waals surface area contributed by atoms with Gasteiger partial charge in [0.15, 0.2) is 5.82 Å². The number of amides is 2. The van der Waals surface area contributed by atoms with E-state index in [0.717, 1.165) is 22.2 Å². The second-order valence-electron chi connectivity index (χ2n) is 6.20. The number of aromatic amines is 1. The monoisotopic (exact) mass is 410 g/mol.